The number of benzene rings is 1. The van der Waals surface area contributed by atoms with Crippen LogP contribution in [-0.4, -0.2) is 10.1 Å². The summed E-state index contributed by atoms with van der Waals surface area (Å²) in [5, 5.41) is 10.2. The van der Waals surface area contributed by atoms with Gasteiger partial charge in [-0.05, 0) is 35.9 Å². The maximum absolute atomic E-state index is 13.5. The summed E-state index contributed by atoms with van der Waals surface area (Å²) in [6.07, 6.45) is -5.21. The molecule has 7 heteroatoms. The summed E-state index contributed by atoms with van der Waals surface area (Å²) in [7, 11) is 0. The Morgan fingerprint density at radius 3 is 2.48 bits per heavy atom. The van der Waals surface area contributed by atoms with E-state index in [1.165, 1.54) is 12.1 Å². The molecule has 0 saturated heterocycles. The van der Waals surface area contributed by atoms with Crippen LogP contribution < -0.4 is 0 Å². The van der Waals surface area contributed by atoms with Gasteiger partial charge < -0.3 is 5.11 Å². The number of nitrogens with zero attached hydrogens (tertiary/aromatic N) is 1. The molecule has 1 N–H and O–H groups in total. The van der Waals surface area contributed by atoms with E-state index in [-0.39, 0.29) is 17.7 Å². The normalized spacial score (nSPS) is 13.2. The zero-order chi connectivity index (χ0) is 15.6. The first-order chi connectivity index (χ1) is 9.77. The van der Waals surface area contributed by atoms with Gasteiger partial charge >= 0.3 is 6.18 Å². The largest absolute Gasteiger partial charge is 0.417 e. The van der Waals surface area contributed by atoms with Crippen molar-refractivity contribution in [2.45, 2.75) is 18.7 Å². The molecule has 0 bridgehead atoms. The van der Waals surface area contributed by atoms with Crippen molar-refractivity contribution in [3.8, 4) is 0 Å². The highest BCUT2D eigenvalue weighted by Crippen LogP contribution is 2.29. The van der Waals surface area contributed by atoms with E-state index in [9.17, 15) is 22.7 Å². The number of aliphatic hydroxyl groups excluding tert-OH is 1. The topological polar surface area (TPSA) is 33.1 Å². The van der Waals surface area contributed by atoms with Crippen molar-refractivity contribution in [1.82, 2.24) is 4.98 Å². The molecule has 0 radical (unpaired) electrons. The molecule has 0 fully saturated rings. The predicted octanol–water partition coefficient (Wildman–Crippen LogP) is 4.17. The lowest BCUT2D eigenvalue weighted by atomic mass is 10.0. The number of alkyl halides is 3. The third-order valence-corrected chi connectivity index (χ3v) is 3.11. The van der Waals surface area contributed by atoms with Gasteiger partial charge in [0, 0.05) is 17.6 Å². The van der Waals surface area contributed by atoms with Crippen LogP contribution in [0.15, 0.2) is 36.5 Å². The minimum atomic E-state index is -4.49. The van der Waals surface area contributed by atoms with Gasteiger partial charge in [0.15, 0.2) is 0 Å². The fraction of sp³-hybridized carbons (Fsp3) is 0.214. The molecule has 0 amide bonds. The molecule has 1 atom stereocenters. The third kappa shape index (κ3) is 3.92. The minimum Gasteiger partial charge on any atom is -0.386 e. The van der Waals surface area contributed by atoms with Crippen molar-refractivity contribution in [1.29, 1.82) is 0 Å². The number of hydrogen-bond acceptors (Lipinski definition) is 2. The van der Waals surface area contributed by atoms with Crippen molar-refractivity contribution in [2.24, 2.45) is 0 Å². The molecule has 2 nitrogen and oxygen atoms in total. The predicted molar refractivity (Wildman–Crippen MR) is 69.3 cm³/mol. The van der Waals surface area contributed by atoms with E-state index in [0.29, 0.717) is 11.2 Å². The standard InChI is InChI=1S/C14H10ClF4NO/c15-10-2-3-11(16)8(5-10)6-13(21)12-4-1-9(7-20-12)14(17,18)19/h1-5,7,13,21H,6H2. The fourth-order valence-electron chi connectivity index (χ4n) is 1.78. The van der Waals surface area contributed by atoms with Crippen LogP contribution in [0.2, 0.25) is 5.02 Å². The molecule has 0 aliphatic heterocycles. The Kier molecular flexibility index (Phi) is 4.49. The van der Waals surface area contributed by atoms with E-state index in [2.05, 4.69) is 4.98 Å². The average molecular weight is 320 g/mol. The lowest BCUT2D eigenvalue weighted by molar-refractivity contribution is -0.137. The summed E-state index contributed by atoms with van der Waals surface area (Å²) in [6.45, 7) is 0. The van der Waals surface area contributed by atoms with Crippen molar-refractivity contribution < 1.29 is 22.7 Å². The quantitative estimate of drug-likeness (QED) is 0.861. The van der Waals surface area contributed by atoms with Gasteiger partial charge in [-0.2, -0.15) is 13.2 Å². The van der Waals surface area contributed by atoms with E-state index >= 15 is 0 Å². The maximum atomic E-state index is 13.5. The number of pyridine rings is 1. The molecule has 0 aliphatic carbocycles. The van der Waals surface area contributed by atoms with Gasteiger partial charge in [0.25, 0.3) is 0 Å². The summed E-state index contributed by atoms with van der Waals surface area (Å²) in [5.74, 6) is -0.551. The molecule has 0 saturated carbocycles. The highest BCUT2D eigenvalue weighted by Gasteiger charge is 2.30. The smallest absolute Gasteiger partial charge is 0.386 e. The second kappa shape index (κ2) is 5.99. The Balaban J connectivity index is 2.17. The van der Waals surface area contributed by atoms with Crippen LogP contribution >= 0.6 is 11.6 Å². The van der Waals surface area contributed by atoms with Gasteiger partial charge in [0.1, 0.15) is 11.9 Å². The Hall–Kier alpha value is -1.66. The molecule has 2 rings (SSSR count). The molecular formula is C14H10ClF4NO. The Morgan fingerprint density at radius 2 is 1.90 bits per heavy atom. The first-order valence-electron chi connectivity index (χ1n) is 5.92. The van der Waals surface area contributed by atoms with Crippen LogP contribution in [-0.2, 0) is 12.6 Å². The molecular weight excluding hydrogens is 310 g/mol. The molecule has 1 unspecified atom stereocenters. The summed E-state index contributed by atoms with van der Waals surface area (Å²) in [4.78, 5) is 3.57. The molecule has 112 valence electrons. The summed E-state index contributed by atoms with van der Waals surface area (Å²) >= 11 is 5.73. The molecule has 0 aliphatic rings. The third-order valence-electron chi connectivity index (χ3n) is 2.88. The summed E-state index contributed by atoms with van der Waals surface area (Å²) in [6, 6.07) is 5.76. The highest BCUT2D eigenvalue weighted by atomic mass is 35.5. The van der Waals surface area contributed by atoms with E-state index in [1.807, 2.05) is 0 Å². The van der Waals surface area contributed by atoms with E-state index in [1.54, 1.807) is 0 Å². The van der Waals surface area contributed by atoms with Gasteiger partial charge in [-0.15, -0.1) is 0 Å². The first-order valence-corrected chi connectivity index (χ1v) is 6.30. The lowest BCUT2D eigenvalue weighted by Gasteiger charge is -2.12. The van der Waals surface area contributed by atoms with Crippen molar-refractivity contribution in [3.63, 3.8) is 0 Å². The van der Waals surface area contributed by atoms with Gasteiger partial charge in [0.2, 0.25) is 0 Å². The SMILES string of the molecule is OC(Cc1cc(Cl)ccc1F)c1ccc(C(F)(F)F)cn1. The van der Waals surface area contributed by atoms with Crippen LogP contribution in [0.3, 0.4) is 0 Å². The lowest BCUT2D eigenvalue weighted by Crippen LogP contribution is -2.09. The van der Waals surface area contributed by atoms with E-state index in [4.69, 9.17) is 11.6 Å². The first kappa shape index (κ1) is 15.7. The van der Waals surface area contributed by atoms with Crippen LogP contribution in [0.1, 0.15) is 22.9 Å². The van der Waals surface area contributed by atoms with Gasteiger partial charge in [-0.1, -0.05) is 11.6 Å². The highest BCUT2D eigenvalue weighted by molar-refractivity contribution is 6.30. The number of aromatic nitrogens is 1. The minimum absolute atomic E-state index is 0.0300. The van der Waals surface area contributed by atoms with Gasteiger partial charge in [0.05, 0.1) is 11.3 Å². The second-order valence-corrected chi connectivity index (χ2v) is 4.86. The molecule has 0 spiro atoms. The Morgan fingerprint density at radius 1 is 1.19 bits per heavy atom. The summed E-state index contributed by atoms with van der Waals surface area (Å²) in [5.41, 5.74) is -0.716. The molecule has 1 heterocycles. The molecule has 21 heavy (non-hydrogen) atoms. The number of rotatable bonds is 3. The van der Waals surface area contributed by atoms with Crippen LogP contribution in [0, 0.1) is 5.82 Å². The zero-order valence-corrected chi connectivity index (χ0v) is 11.3. The van der Waals surface area contributed by atoms with Crippen molar-refractivity contribution >= 4 is 11.6 Å². The maximum Gasteiger partial charge on any atom is 0.417 e. The number of aliphatic hydroxyl groups is 1. The van der Waals surface area contributed by atoms with Crippen molar-refractivity contribution in [2.75, 3.05) is 0 Å². The second-order valence-electron chi connectivity index (χ2n) is 4.43. The van der Waals surface area contributed by atoms with Crippen LogP contribution in [0.4, 0.5) is 17.6 Å². The fourth-order valence-corrected chi connectivity index (χ4v) is 1.98. The number of halogens is 5. The van der Waals surface area contributed by atoms with Crippen LogP contribution in [0.25, 0.3) is 0 Å². The average Bonchev–Trinajstić information content (AvgIpc) is 2.42. The molecule has 2 aromatic rings. The monoisotopic (exact) mass is 319 g/mol. The van der Waals surface area contributed by atoms with E-state index < -0.39 is 23.7 Å². The zero-order valence-electron chi connectivity index (χ0n) is 10.5. The number of hydrogen-bond donors (Lipinski definition) is 1. The van der Waals surface area contributed by atoms with Gasteiger partial charge in [-0.25, -0.2) is 4.39 Å². The van der Waals surface area contributed by atoms with Crippen molar-refractivity contribution in [3.05, 3.63) is 64.2 Å². The van der Waals surface area contributed by atoms with E-state index in [0.717, 1.165) is 18.2 Å². The Bertz CT molecular complexity index is 628. The molecule has 1 aromatic heterocycles. The van der Waals surface area contributed by atoms with Gasteiger partial charge in [-0.3, -0.25) is 4.98 Å². The Labute approximate surface area is 123 Å². The molecule has 1 aromatic carbocycles. The summed E-state index contributed by atoms with van der Waals surface area (Å²) < 4.78 is 50.7. The van der Waals surface area contributed by atoms with Crippen LogP contribution in [0.5, 0.6) is 0 Å².